The molecule has 0 amide bonds. The molecule has 2 N–H and O–H groups in total. The van der Waals surface area contributed by atoms with E-state index >= 15 is 0 Å². The zero-order valence-corrected chi connectivity index (χ0v) is 10.8. The highest BCUT2D eigenvalue weighted by Crippen LogP contribution is 2.25. The molecule has 98 valence electrons. The Hall–Kier alpha value is -1.84. The van der Waals surface area contributed by atoms with E-state index in [9.17, 15) is 9.90 Å². The fourth-order valence-electron chi connectivity index (χ4n) is 1.86. The van der Waals surface area contributed by atoms with Crippen LogP contribution < -0.4 is 0 Å². The number of aromatic carboxylic acids is 1. The zero-order chi connectivity index (χ0) is 13.8. The Labute approximate surface area is 116 Å². The van der Waals surface area contributed by atoms with E-state index in [0.717, 1.165) is 5.56 Å². The standard InChI is InChI=1S/C15H13ClO3/c16-13-4-2-1-3-12(13)14(17)9-10-5-7-11(8-6-10)15(18)19/h1-8,14,17H,9H2,(H,18,19). The minimum atomic E-state index is -0.960. The lowest BCUT2D eigenvalue weighted by Crippen LogP contribution is -2.03. The molecule has 0 bridgehead atoms. The summed E-state index contributed by atoms with van der Waals surface area (Å²) in [4.78, 5) is 10.7. The van der Waals surface area contributed by atoms with Crippen LogP contribution in [0.25, 0.3) is 0 Å². The van der Waals surface area contributed by atoms with Gasteiger partial charge in [0.25, 0.3) is 0 Å². The summed E-state index contributed by atoms with van der Waals surface area (Å²) in [5.74, 6) is -0.960. The molecule has 0 spiro atoms. The van der Waals surface area contributed by atoms with Crippen molar-refractivity contribution in [3.63, 3.8) is 0 Å². The topological polar surface area (TPSA) is 57.5 Å². The maximum atomic E-state index is 10.7. The molecule has 3 nitrogen and oxygen atoms in total. The van der Waals surface area contributed by atoms with Crippen molar-refractivity contribution >= 4 is 17.6 Å². The maximum Gasteiger partial charge on any atom is 0.335 e. The quantitative estimate of drug-likeness (QED) is 0.901. The Morgan fingerprint density at radius 1 is 1.11 bits per heavy atom. The first-order valence-corrected chi connectivity index (χ1v) is 6.20. The van der Waals surface area contributed by atoms with Crippen LogP contribution in [0.5, 0.6) is 0 Å². The second-order valence-electron chi connectivity index (χ2n) is 4.24. The lowest BCUT2D eigenvalue weighted by Gasteiger charge is -2.12. The van der Waals surface area contributed by atoms with Crippen LogP contribution in [0.3, 0.4) is 0 Å². The maximum absolute atomic E-state index is 10.7. The Morgan fingerprint density at radius 2 is 1.74 bits per heavy atom. The number of hydrogen-bond acceptors (Lipinski definition) is 2. The van der Waals surface area contributed by atoms with Crippen molar-refractivity contribution in [2.75, 3.05) is 0 Å². The molecule has 1 unspecified atom stereocenters. The third kappa shape index (κ3) is 3.34. The van der Waals surface area contributed by atoms with Crippen molar-refractivity contribution in [1.29, 1.82) is 0 Å². The number of hydrogen-bond donors (Lipinski definition) is 2. The van der Waals surface area contributed by atoms with Gasteiger partial charge in [-0.1, -0.05) is 41.9 Å². The van der Waals surface area contributed by atoms with E-state index in [4.69, 9.17) is 16.7 Å². The van der Waals surface area contributed by atoms with Crippen LogP contribution in [0.4, 0.5) is 0 Å². The first-order valence-electron chi connectivity index (χ1n) is 5.82. The Morgan fingerprint density at radius 3 is 2.32 bits per heavy atom. The Bertz CT molecular complexity index is 578. The highest BCUT2D eigenvalue weighted by molar-refractivity contribution is 6.31. The van der Waals surface area contributed by atoms with Gasteiger partial charge in [0.1, 0.15) is 0 Å². The van der Waals surface area contributed by atoms with Crippen molar-refractivity contribution in [1.82, 2.24) is 0 Å². The summed E-state index contributed by atoms with van der Waals surface area (Å²) < 4.78 is 0. The summed E-state index contributed by atoms with van der Waals surface area (Å²) in [6.45, 7) is 0. The Balaban J connectivity index is 2.13. The molecule has 0 aromatic heterocycles. The summed E-state index contributed by atoms with van der Waals surface area (Å²) in [5, 5.41) is 19.5. The molecule has 0 aliphatic heterocycles. The third-order valence-corrected chi connectivity index (χ3v) is 3.24. The number of carboxylic acids is 1. The van der Waals surface area contributed by atoms with Crippen molar-refractivity contribution in [2.45, 2.75) is 12.5 Å². The lowest BCUT2D eigenvalue weighted by molar-refractivity contribution is 0.0697. The summed E-state index contributed by atoms with van der Waals surface area (Å²) in [6.07, 6.45) is -0.312. The van der Waals surface area contributed by atoms with Crippen LogP contribution in [0.1, 0.15) is 27.6 Å². The van der Waals surface area contributed by atoms with Crippen molar-refractivity contribution in [2.24, 2.45) is 0 Å². The molecule has 2 aromatic rings. The number of aliphatic hydroxyl groups is 1. The molecule has 0 heterocycles. The second kappa shape index (κ2) is 5.87. The second-order valence-corrected chi connectivity index (χ2v) is 4.65. The molecule has 0 aliphatic rings. The molecule has 19 heavy (non-hydrogen) atoms. The average molecular weight is 277 g/mol. The van der Waals surface area contributed by atoms with Gasteiger partial charge in [0, 0.05) is 11.4 Å². The number of halogens is 1. The first kappa shape index (κ1) is 13.6. The molecule has 0 saturated heterocycles. The van der Waals surface area contributed by atoms with E-state index in [2.05, 4.69) is 0 Å². The van der Waals surface area contributed by atoms with Crippen LogP contribution in [0, 0.1) is 0 Å². The van der Waals surface area contributed by atoms with Gasteiger partial charge in [0.15, 0.2) is 0 Å². The lowest BCUT2D eigenvalue weighted by atomic mass is 10.0. The van der Waals surface area contributed by atoms with Crippen LogP contribution >= 0.6 is 11.6 Å². The third-order valence-electron chi connectivity index (χ3n) is 2.89. The minimum Gasteiger partial charge on any atom is -0.478 e. The first-order chi connectivity index (χ1) is 9.08. The SMILES string of the molecule is O=C(O)c1ccc(CC(O)c2ccccc2Cl)cc1. The number of aliphatic hydroxyl groups excluding tert-OH is 1. The molecule has 4 heteroatoms. The number of carbonyl (C=O) groups is 1. The molecular formula is C15H13ClO3. The fourth-order valence-corrected chi connectivity index (χ4v) is 2.12. The number of carboxylic acid groups (broad SMARTS) is 1. The van der Waals surface area contributed by atoms with Gasteiger partial charge in [-0.3, -0.25) is 0 Å². The van der Waals surface area contributed by atoms with Crippen LogP contribution in [0.2, 0.25) is 5.02 Å². The normalized spacial score (nSPS) is 12.1. The average Bonchev–Trinajstić information content (AvgIpc) is 2.39. The zero-order valence-electron chi connectivity index (χ0n) is 10.1. The summed E-state index contributed by atoms with van der Waals surface area (Å²) in [7, 11) is 0. The molecule has 0 saturated carbocycles. The van der Waals surface area contributed by atoms with Gasteiger partial charge >= 0.3 is 5.97 Å². The predicted molar refractivity (Wildman–Crippen MR) is 73.5 cm³/mol. The number of rotatable bonds is 4. The van der Waals surface area contributed by atoms with Gasteiger partial charge in [-0.2, -0.15) is 0 Å². The monoisotopic (exact) mass is 276 g/mol. The van der Waals surface area contributed by atoms with Crippen LogP contribution in [-0.4, -0.2) is 16.2 Å². The summed E-state index contributed by atoms with van der Waals surface area (Å²) in [6, 6.07) is 13.6. The van der Waals surface area contributed by atoms with E-state index in [1.54, 1.807) is 30.3 Å². The van der Waals surface area contributed by atoms with E-state index in [1.165, 1.54) is 12.1 Å². The van der Waals surface area contributed by atoms with E-state index in [1.807, 2.05) is 6.07 Å². The van der Waals surface area contributed by atoms with E-state index < -0.39 is 12.1 Å². The summed E-state index contributed by atoms with van der Waals surface area (Å²) in [5.41, 5.74) is 1.76. The van der Waals surface area contributed by atoms with Gasteiger partial charge in [-0.05, 0) is 29.3 Å². The van der Waals surface area contributed by atoms with Crippen LogP contribution in [-0.2, 0) is 6.42 Å². The smallest absolute Gasteiger partial charge is 0.335 e. The van der Waals surface area contributed by atoms with E-state index in [-0.39, 0.29) is 5.56 Å². The fraction of sp³-hybridized carbons (Fsp3) is 0.133. The van der Waals surface area contributed by atoms with Crippen LogP contribution in [0.15, 0.2) is 48.5 Å². The van der Waals surface area contributed by atoms with Gasteiger partial charge in [-0.25, -0.2) is 4.79 Å². The van der Waals surface area contributed by atoms with Crippen molar-refractivity contribution < 1.29 is 15.0 Å². The van der Waals surface area contributed by atoms with Gasteiger partial charge in [0.2, 0.25) is 0 Å². The van der Waals surface area contributed by atoms with Gasteiger partial charge in [-0.15, -0.1) is 0 Å². The molecule has 0 radical (unpaired) electrons. The minimum absolute atomic E-state index is 0.232. The molecule has 0 aliphatic carbocycles. The number of benzene rings is 2. The summed E-state index contributed by atoms with van der Waals surface area (Å²) >= 11 is 6.01. The van der Waals surface area contributed by atoms with E-state index in [0.29, 0.717) is 17.0 Å². The largest absolute Gasteiger partial charge is 0.478 e. The van der Waals surface area contributed by atoms with Crippen molar-refractivity contribution in [3.05, 3.63) is 70.2 Å². The highest BCUT2D eigenvalue weighted by atomic mass is 35.5. The Kier molecular flexibility index (Phi) is 4.20. The van der Waals surface area contributed by atoms with Gasteiger partial charge in [0.05, 0.1) is 11.7 Å². The molecule has 2 rings (SSSR count). The highest BCUT2D eigenvalue weighted by Gasteiger charge is 2.12. The molecule has 0 fully saturated rings. The van der Waals surface area contributed by atoms with Gasteiger partial charge < -0.3 is 10.2 Å². The van der Waals surface area contributed by atoms with Crippen molar-refractivity contribution in [3.8, 4) is 0 Å². The molecule has 2 aromatic carbocycles. The molecular weight excluding hydrogens is 264 g/mol. The predicted octanol–water partition coefficient (Wildman–Crippen LogP) is 3.31. The molecule has 1 atom stereocenters.